The van der Waals surface area contributed by atoms with Gasteiger partial charge in [-0.1, -0.05) is 41.5 Å². The Bertz CT molecular complexity index is 2660. The van der Waals surface area contributed by atoms with Gasteiger partial charge in [0.25, 0.3) is 5.56 Å². The van der Waals surface area contributed by atoms with Crippen molar-refractivity contribution in [1.29, 1.82) is 0 Å². The highest BCUT2D eigenvalue weighted by Crippen LogP contribution is 2.66. The summed E-state index contributed by atoms with van der Waals surface area (Å²) in [5, 5.41) is 13.1. The van der Waals surface area contributed by atoms with E-state index in [9.17, 15) is 14.8 Å². The zero-order valence-electron chi connectivity index (χ0n) is 42.3. The number of nitrogens with zero attached hydrogens (tertiary/aromatic N) is 9. The molecule has 71 heavy (non-hydrogen) atoms. The van der Waals surface area contributed by atoms with Crippen LogP contribution < -0.4 is 10.9 Å². The van der Waals surface area contributed by atoms with E-state index in [-0.39, 0.29) is 29.4 Å². The second-order valence-electron chi connectivity index (χ2n) is 20.1. The summed E-state index contributed by atoms with van der Waals surface area (Å²) >= 11 is 6.64. The number of imidazole rings is 1. The van der Waals surface area contributed by atoms with Crippen LogP contribution in [0.5, 0.6) is 0 Å². The van der Waals surface area contributed by atoms with E-state index in [2.05, 4.69) is 84.7 Å². The summed E-state index contributed by atoms with van der Waals surface area (Å²) in [6.45, 7) is 14.7. The minimum absolute atomic E-state index is 0.0212. The number of hydrogen-bond acceptors (Lipinski definition) is 19. The maximum absolute atomic E-state index is 17.1. The average Bonchev–Trinajstić information content (AvgIpc) is 4.03. The Labute approximate surface area is 424 Å². The van der Waals surface area contributed by atoms with E-state index in [1.54, 1.807) is 0 Å². The maximum Gasteiger partial charge on any atom is 0.391 e. The third-order valence-corrected chi connectivity index (χ3v) is 24.7. The fourth-order valence-electron chi connectivity index (χ4n) is 9.55. The molecule has 0 saturated carbocycles. The molecule has 3 fully saturated rings. The van der Waals surface area contributed by atoms with Gasteiger partial charge in [-0.2, -0.15) is 0 Å². The third-order valence-electron chi connectivity index (χ3n) is 14.6. The van der Waals surface area contributed by atoms with Crippen LogP contribution in [0.15, 0.2) is 30.0 Å². The van der Waals surface area contributed by atoms with Crippen molar-refractivity contribution in [3.8, 4) is 0 Å². The quantitative estimate of drug-likeness (QED) is 0.0613. The molecule has 3 N–H and O–H groups in total. The molecule has 4 aliphatic heterocycles. The van der Waals surface area contributed by atoms with Gasteiger partial charge >= 0.3 is 13.5 Å². The predicted octanol–water partition coefficient (Wildman–Crippen LogP) is 6.58. The van der Waals surface area contributed by atoms with Crippen LogP contribution >= 0.6 is 24.9 Å². The van der Waals surface area contributed by atoms with E-state index in [0.717, 1.165) is 61.2 Å². The summed E-state index contributed by atoms with van der Waals surface area (Å²) in [6.07, 6.45) is -2.30. The lowest BCUT2D eigenvalue weighted by atomic mass is 10.1. The van der Waals surface area contributed by atoms with Crippen LogP contribution in [-0.4, -0.2) is 162 Å². The number of ether oxygens (including phenoxy) is 2. The molecule has 4 aromatic heterocycles. The second kappa shape index (κ2) is 22.1. The number of hydrogen-bond donors (Lipinski definition) is 3. The normalized spacial score (nSPS) is 30.7. The van der Waals surface area contributed by atoms with E-state index in [1.165, 1.54) is 28.1 Å². The first-order valence-corrected chi connectivity index (χ1v) is 33.1. The number of nitrogens with one attached hydrogen (secondary N) is 1. The first-order chi connectivity index (χ1) is 33.6. The van der Waals surface area contributed by atoms with Gasteiger partial charge in [0.15, 0.2) is 38.1 Å². The van der Waals surface area contributed by atoms with Gasteiger partial charge < -0.3 is 43.2 Å². The standard InChI is InChI=1S/C44H71FN10O11P2S2Si/c1-11-51(12-2)27(4)16-18-52(13-3)28(5)70-68(59)61-22-30-33(45)36(42(62-30)55-26-49-34-40(55)50-25-53(19-20-56)41(34)57)64-67(58,69)60-23-31-35(65-68)37(66-71(9,10)44(6,7)8)43(63-31)54-21-29-15-14-17-46-38-32(29)39(54)48-24-47-38/h21,24-28,30-31,33,35-37,42-43,56H,11-20,22-23H2,1-10H3,(H,58,69)(H,46,47,48)/t27?,28?,30-,31-,33-,35-,36-,37-,42-,43-,67?,68?/m1/s1. The van der Waals surface area contributed by atoms with Gasteiger partial charge in [-0.15, -0.1) is 0 Å². The molecule has 0 amide bonds. The molecule has 27 heteroatoms. The first kappa shape index (κ1) is 55.0. The molecule has 0 radical (unpaired) electrons. The van der Waals surface area contributed by atoms with Crippen LogP contribution in [0, 0.1) is 0 Å². The molecule has 12 atom stereocenters. The van der Waals surface area contributed by atoms with Crippen molar-refractivity contribution in [2.45, 2.75) is 160 Å². The van der Waals surface area contributed by atoms with Crippen LogP contribution in [0.25, 0.3) is 22.2 Å². The Morgan fingerprint density at radius 1 is 0.986 bits per heavy atom. The Balaban J connectivity index is 1.21. The van der Waals surface area contributed by atoms with Crippen LogP contribution in [0.3, 0.4) is 0 Å². The van der Waals surface area contributed by atoms with E-state index < -0.39 is 95.1 Å². The Morgan fingerprint density at radius 3 is 2.41 bits per heavy atom. The lowest BCUT2D eigenvalue weighted by Crippen LogP contribution is -2.49. The molecule has 0 spiro atoms. The van der Waals surface area contributed by atoms with Gasteiger partial charge in [0.2, 0.25) is 0 Å². The Morgan fingerprint density at radius 2 is 1.70 bits per heavy atom. The molecular weight excluding hydrogens is 1020 g/mol. The number of halogens is 1. The number of aryl methyl sites for hydroxylation is 1. The topological polar surface area (TPSA) is 224 Å². The van der Waals surface area contributed by atoms with E-state index >= 15 is 8.96 Å². The minimum Gasteiger partial charge on any atom is -0.407 e. The van der Waals surface area contributed by atoms with Crippen LogP contribution in [-0.2, 0) is 61.3 Å². The molecule has 8 heterocycles. The van der Waals surface area contributed by atoms with Crippen molar-refractivity contribution in [1.82, 2.24) is 43.4 Å². The SMILES string of the molecule is CCN(CC)C(C)CCN(CC)C(C)SP1(=O)OC[C@H]2O[C@@H](n3cnc4c(=O)n(CCO)cnc43)[C@H](OP(O)(=S)OC[C@H]3O[C@@H](n4cc5c6c(ncnc64)NCCC5)[C@H](O[Si](C)(C)C(C)(C)C)[C@@H]3O1)[C@@H]2F. The summed E-state index contributed by atoms with van der Waals surface area (Å²) in [5.74, 6) is 0.705. The molecule has 4 unspecified atom stereocenters. The summed E-state index contributed by atoms with van der Waals surface area (Å²) in [6, 6.07) is 0.294. The van der Waals surface area contributed by atoms with Gasteiger partial charge in [-0.25, -0.2) is 28.9 Å². The van der Waals surface area contributed by atoms with Crippen molar-refractivity contribution >= 4 is 73.0 Å². The van der Waals surface area contributed by atoms with Gasteiger partial charge in [-0.3, -0.25) is 32.4 Å². The van der Waals surface area contributed by atoms with Crippen LogP contribution in [0.1, 0.15) is 86.3 Å². The molecule has 3 saturated heterocycles. The molecule has 21 nitrogen and oxygen atoms in total. The number of aliphatic hydroxyl groups is 1. The molecular formula is C44H71FN10O11P2S2Si. The van der Waals surface area contributed by atoms with Crippen LogP contribution in [0.4, 0.5) is 10.2 Å². The van der Waals surface area contributed by atoms with Gasteiger partial charge in [0, 0.05) is 25.3 Å². The number of rotatable bonds is 16. The maximum atomic E-state index is 17.1. The number of aromatic nitrogens is 7. The molecule has 4 aromatic rings. The summed E-state index contributed by atoms with van der Waals surface area (Å²) in [7, 11) is -2.74. The molecule has 4 aliphatic rings. The van der Waals surface area contributed by atoms with Crippen molar-refractivity contribution in [3.05, 3.63) is 41.1 Å². The van der Waals surface area contributed by atoms with Crippen LogP contribution in [0.2, 0.25) is 18.1 Å². The summed E-state index contributed by atoms with van der Waals surface area (Å²) in [4.78, 5) is 47.8. The predicted molar refractivity (Wildman–Crippen MR) is 275 cm³/mol. The fraction of sp³-hybridized carbons (Fsp3) is 0.750. The highest BCUT2D eigenvalue weighted by atomic mass is 32.7. The zero-order chi connectivity index (χ0) is 51.2. The largest absolute Gasteiger partial charge is 0.407 e. The van der Waals surface area contributed by atoms with Gasteiger partial charge in [0.1, 0.15) is 54.6 Å². The van der Waals surface area contributed by atoms with E-state index in [1.807, 2.05) is 24.6 Å². The smallest absolute Gasteiger partial charge is 0.391 e. The van der Waals surface area contributed by atoms with Crippen molar-refractivity contribution in [2.24, 2.45) is 0 Å². The lowest BCUT2D eigenvalue weighted by molar-refractivity contribution is -0.0590. The second-order valence-corrected chi connectivity index (χ2v) is 31.8. The number of aliphatic hydroxyl groups excluding tert-OH is 1. The van der Waals surface area contributed by atoms with Crippen molar-refractivity contribution in [3.63, 3.8) is 0 Å². The number of anilines is 1. The minimum atomic E-state index is -4.44. The Kier molecular flexibility index (Phi) is 17.1. The van der Waals surface area contributed by atoms with Crippen molar-refractivity contribution < 1.29 is 51.0 Å². The number of fused-ring (bicyclic) bond motifs is 4. The Hall–Kier alpha value is -2.29. The highest BCUT2D eigenvalue weighted by Gasteiger charge is 2.57. The molecule has 8 rings (SSSR count). The monoisotopic (exact) mass is 1090 g/mol. The average molecular weight is 1090 g/mol. The zero-order valence-corrected chi connectivity index (χ0v) is 46.7. The number of alkyl halides is 1. The van der Waals surface area contributed by atoms with Gasteiger partial charge in [0.05, 0.1) is 43.5 Å². The molecule has 0 aromatic carbocycles. The molecule has 2 bridgehead atoms. The highest BCUT2D eigenvalue weighted by molar-refractivity contribution is 8.55. The van der Waals surface area contributed by atoms with Gasteiger partial charge in [-0.05, 0) is 99.6 Å². The first-order valence-electron chi connectivity index (χ1n) is 24.6. The lowest BCUT2D eigenvalue weighted by Gasteiger charge is -2.41. The van der Waals surface area contributed by atoms with E-state index in [4.69, 9.17) is 48.8 Å². The molecule has 396 valence electrons. The summed E-state index contributed by atoms with van der Waals surface area (Å²) < 4.78 is 83.9. The van der Waals surface area contributed by atoms with Crippen molar-refractivity contribution in [2.75, 3.05) is 57.9 Å². The summed E-state index contributed by atoms with van der Waals surface area (Å²) in [5.41, 5.74) is 1.03. The third kappa shape index (κ3) is 11.5. The molecule has 0 aliphatic carbocycles. The fourth-order valence-corrected chi connectivity index (χ4v) is 16.4. The van der Waals surface area contributed by atoms with E-state index in [0.29, 0.717) is 30.6 Å².